The number of halogens is 1. The Morgan fingerprint density at radius 3 is 2.58 bits per heavy atom. The summed E-state index contributed by atoms with van der Waals surface area (Å²) in [5.74, 6) is 0.796. The molecular formula is C19H22ClN7O2S2. The Morgan fingerprint density at radius 1 is 1.16 bits per heavy atom. The molecule has 0 fully saturated rings. The maximum absolute atomic E-state index is 12.2. The summed E-state index contributed by atoms with van der Waals surface area (Å²) in [5, 5.41) is 24.5. The molecule has 1 aromatic carbocycles. The Bertz CT molecular complexity index is 1050. The third-order valence-electron chi connectivity index (χ3n) is 4.18. The lowest BCUT2D eigenvalue weighted by atomic mass is 10.2. The van der Waals surface area contributed by atoms with Gasteiger partial charge in [-0.1, -0.05) is 48.5 Å². The van der Waals surface area contributed by atoms with Gasteiger partial charge in [-0.05, 0) is 24.3 Å². The first-order valence-electron chi connectivity index (χ1n) is 9.51. The van der Waals surface area contributed by atoms with Gasteiger partial charge in [-0.2, -0.15) is 0 Å². The van der Waals surface area contributed by atoms with Crippen LogP contribution in [0.25, 0.3) is 0 Å². The van der Waals surface area contributed by atoms with Crippen LogP contribution in [-0.2, 0) is 18.3 Å². The number of aromatic nitrogens is 5. The zero-order chi connectivity index (χ0) is 22.4. The molecule has 0 saturated carbocycles. The van der Waals surface area contributed by atoms with E-state index >= 15 is 0 Å². The van der Waals surface area contributed by atoms with Crippen molar-refractivity contribution in [2.75, 3.05) is 17.6 Å². The van der Waals surface area contributed by atoms with Crippen molar-refractivity contribution >= 4 is 51.6 Å². The normalized spacial score (nSPS) is 11.0. The van der Waals surface area contributed by atoms with E-state index < -0.39 is 0 Å². The molecule has 164 valence electrons. The molecule has 0 radical (unpaired) electrons. The van der Waals surface area contributed by atoms with E-state index in [0.717, 1.165) is 5.01 Å². The van der Waals surface area contributed by atoms with Gasteiger partial charge in [0.15, 0.2) is 5.16 Å². The van der Waals surface area contributed by atoms with Crippen LogP contribution in [0.2, 0.25) is 5.02 Å². The molecule has 2 N–H and O–H groups in total. The molecule has 0 saturated heterocycles. The van der Waals surface area contributed by atoms with Gasteiger partial charge < -0.3 is 9.88 Å². The molecular weight excluding hydrogens is 458 g/mol. The Hall–Kier alpha value is -2.50. The van der Waals surface area contributed by atoms with Crippen molar-refractivity contribution in [1.82, 2.24) is 30.3 Å². The van der Waals surface area contributed by atoms with E-state index in [1.807, 2.05) is 25.5 Å². The van der Waals surface area contributed by atoms with E-state index in [-0.39, 0.29) is 23.5 Å². The Balaban J connectivity index is 1.45. The topological polar surface area (TPSA) is 115 Å². The highest BCUT2D eigenvalue weighted by molar-refractivity contribution is 7.99. The second-order valence-electron chi connectivity index (χ2n) is 6.91. The standard InChI is InChI=1S/C19H22ClN7O2S2/c1-11(2)17-24-25-18(31-17)22-15(28)10-30-19-26-23-14(27(19)3)8-9-21-16(29)12-4-6-13(20)7-5-12/h4-7,11H,8-10H2,1-3H3,(H,21,29)(H,22,25,28). The zero-order valence-electron chi connectivity index (χ0n) is 17.3. The highest BCUT2D eigenvalue weighted by Gasteiger charge is 2.14. The molecule has 0 aliphatic rings. The largest absolute Gasteiger partial charge is 0.352 e. The number of anilines is 1. The maximum Gasteiger partial charge on any atom is 0.251 e. The van der Waals surface area contributed by atoms with Crippen LogP contribution in [0.3, 0.4) is 0 Å². The average Bonchev–Trinajstić information content (AvgIpc) is 3.34. The van der Waals surface area contributed by atoms with Crippen molar-refractivity contribution in [2.24, 2.45) is 7.05 Å². The molecule has 12 heteroatoms. The van der Waals surface area contributed by atoms with Crippen LogP contribution in [0, 0.1) is 0 Å². The quantitative estimate of drug-likeness (QED) is 0.453. The van der Waals surface area contributed by atoms with Gasteiger partial charge in [0, 0.05) is 36.5 Å². The number of nitrogens with one attached hydrogen (secondary N) is 2. The first-order valence-corrected chi connectivity index (χ1v) is 11.7. The molecule has 0 aliphatic carbocycles. The van der Waals surface area contributed by atoms with Gasteiger partial charge in [0.05, 0.1) is 5.75 Å². The molecule has 3 rings (SSSR count). The maximum atomic E-state index is 12.2. The van der Waals surface area contributed by atoms with Crippen molar-refractivity contribution in [3.63, 3.8) is 0 Å². The summed E-state index contributed by atoms with van der Waals surface area (Å²) in [4.78, 5) is 24.3. The van der Waals surface area contributed by atoms with Gasteiger partial charge in [0.25, 0.3) is 5.91 Å². The lowest BCUT2D eigenvalue weighted by Crippen LogP contribution is -2.26. The number of rotatable bonds is 9. The number of hydrogen-bond acceptors (Lipinski definition) is 8. The first-order chi connectivity index (χ1) is 14.8. The summed E-state index contributed by atoms with van der Waals surface area (Å²) in [6, 6.07) is 6.69. The fourth-order valence-electron chi connectivity index (χ4n) is 2.48. The van der Waals surface area contributed by atoms with Crippen LogP contribution >= 0.6 is 34.7 Å². The number of amides is 2. The summed E-state index contributed by atoms with van der Waals surface area (Å²) in [5.41, 5.74) is 0.542. The summed E-state index contributed by atoms with van der Waals surface area (Å²) in [6.45, 7) is 4.46. The van der Waals surface area contributed by atoms with Crippen molar-refractivity contribution in [1.29, 1.82) is 0 Å². The lowest BCUT2D eigenvalue weighted by Gasteiger charge is -2.06. The van der Waals surface area contributed by atoms with Crippen LogP contribution in [0.5, 0.6) is 0 Å². The third kappa shape index (κ3) is 6.49. The fourth-order valence-corrected chi connectivity index (χ4v) is 4.10. The molecule has 9 nitrogen and oxygen atoms in total. The predicted octanol–water partition coefficient (Wildman–Crippen LogP) is 3.15. The highest BCUT2D eigenvalue weighted by atomic mass is 35.5. The van der Waals surface area contributed by atoms with E-state index in [4.69, 9.17) is 11.6 Å². The summed E-state index contributed by atoms with van der Waals surface area (Å²) >= 11 is 8.49. The highest BCUT2D eigenvalue weighted by Crippen LogP contribution is 2.23. The minimum Gasteiger partial charge on any atom is -0.352 e. The fraction of sp³-hybridized carbons (Fsp3) is 0.368. The molecule has 0 spiro atoms. The third-order valence-corrected chi connectivity index (χ3v) is 6.59. The molecule has 0 bridgehead atoms. The Labute approximate surface area is 193 Å². The molecule has 31 heavy (non-hydrogen) atoms. The summed E-state index contributed by atoms with van der Waals surface area (Å²) in [7, 11) is 1.83. The van der Waals surface area contributed by atoms with Gasteiger partial charge >= 0.3 is 0 Å². The number of carbonyl (C=O) groups excluding carboxylic acids is 2. The zero-order valence-corrected chi connectivity index (χ0v) is 19.6. The second-order valence-corrected chi connectivity index (χ2v) is 9.30. The Morgan fingerprint density at radius 2 is 1.90 bits per heavy atom. The van der Waals surface area contributed by atoms with Crippen molar-refractivity contribution in [2.45, 2.75) is 31.3 Å². The van der Waals surface area contributed by atoms with E-state index in [1.54, 1.807) is 24.3 Å². The summed E-state index contributed by atoms with van der Waals surface area (Å²) in [6.07, 6.45) is 0.512. The van der Waals surface area contributed by atoms with E-state index in [0.29, 0.717) is 39.7 Å². The van der Waals surface area contributed by atoms with Crippen LogP contribution < -0.4 is 10.6 Å². The van der Waals surface area contributed by atoms with Crippen LogP contribution in [0.15, 0.2) is 29.4 Å². The number of thioether (sulfide) groups is 1. The predicted molar refractivity (Wildman–Crippen MR) is 122 cm³/mol. The van der Waals surface area contributed by atoms with Gasteiger partial charge in [0.2, 0.25) is 11.0 Å². The SMILES string of the molecule is CC(C)c1nnc(NC(=O)CSc2nnc(CCNC(=O)c3ccc(Cl)cc3)n2C)s1. The van der Waals surface area contributed by atoms with Crippen molar-refractivity contribution in [3.05, 3.63) is 45.7 Å². The molecule has 0 aliphatic heterocycles. The molecule has 0 unspecified atom stereocenters. The minimum atomic E-state index is -0.184. The van der Waals surface area contributed by atoms with Crippen molar-refractivity contribution in [3.8, 4) is 0 Å². The molecule has 2 amide bonds. The number of carbonyl (C=O) groups is 2. The van der Waals surface area contributed by atoms with E-state index in [9.17, 15) is 9.59 Å². The number of benzene rings is 1. The van der Waals surface area contributed by atoms with Gasteiger partial charge in [-0.25, -0.2) is 0 Å². The second kappa shape index (κ2) is 10.7. The van der Waals surface area contributed by atoms with E-state index in [1.165, 1.54) is 23.1 Å². The molecule has 0 atom stereocenters. The minimum absolute atomic E-state index is 0.176. The molecule has 2 aromatic heterocycles. The average molecular weight is 480 g/mol. The molecule has 3 aromatic rings. The summed E-state index contributed by atoms with van der Waals surface area (Å²) < 4.78 is 1.81. The monoisotopic (exact) mass is 479 g/mol. The number of nitrogens with zero attached hydrogens (tertiary/aromatic N) is 5. The van der Waals surface area contributed by atoms with Crippen LogP contribution in [0.4, 0.5) is 5.13 Å². The van der Waals surface area contributed by atoms with Gasteiger partial charge in [0.1, 0.15) is 10.8 Å². The van der Waals surface area contributed by atoms with Crippen LogP contribution in [-0.4, -0.2) is 49.1 Å². The van der Waals surface area contributed by atoms with Gasteiger partial charge in [-0.15, -0.1) is 20.4 Å². The van der Waals surface area contributed by atoms with Crippen molar-refractivity contribution < 1.29 is 9.59 Å². The smallest absolute Gasteiger partial charge is 0.251 e. The van der Waals surface area contributed by atoms with Crippen LogP contribution in [0.1, 0.15) is 41.0 Å². The first kappa shape index (κ1) is 23.2. The lowest BCUT2D eigenvalue weighted by molar-refractivity contribution is -0.113. The van der Waals surface area contributed by atoms with E-state index in [2.05, 4.69) is 31.0 Å². The number of hydrogen-bond donors (Lipinski definition) is 2. The molecule has 2 heterocycles. The Kier molecular flexibility index (Phi) is 7.99. The van der Waals surface area contributed by atoms with Gasteiger partial charge in [-0.3, -0.25) is 14.9 Å².